The zero-order valence-corrected chi connectivity index (χ0v) is 39.5. The van der Waals surface area contributed by atoms with Gasteiger partial charge >= 0.3 is 0 Å². The molecule has 1 aliphatic heterocycles. The number of nitrogens with zero attached hydrogens (tertiary/aromatic N) is 3. The van der Waals surface area contributed by atoms with Crippen LogP contribution in [0, 0.1) is 0 Å². The Morgan fingerprint density at radius 1 is 0.621 bits per heavy atom. The molecule has 7 rings (SSSR count). The van der Waals surface area contributed by atoms with E-state index in [0.29, 0.717) is 6.04 Å². The Hall–Kier alpha value is -2.90. The molecular weight excluding hydrogens is 763 g/mol. The van der Waals surface area contributed by atoms with Gasteiger partial charge in [0.1, 0.15) is 0 Å². The maximum Gasteiger partial charge on any atom is 0.0915 e. The largest absolute Gasteiger partial charge is 0.337 e. The van der Waals surface area contributed by atoms with Crippen molar-refractivity contribution in [2.45, 2.75) is 168 Å². The topological polar surface area (TPSA) is 20.5 Å². The first-order chi connectivity index (χ1) is 27.9. The van der Waals surface area contributed by atoms with Crippen molar-refractivity contribution in [1.29, 1.82) is 0 Å². The quantitative estimate of drug-likeness (QED) is 0.0648. The van der Waals surface area contributed by atoms with Gasteiger partial charge in [-0.05, 0) is 76.8 Å². The molecule has 1 atom stereocenters. The van der Waals surface area contributed by atoms with Gasteiger partial charge in [0.2, 0.25) is 0 Å². The van der Waals surface area contributed by atoms with E-state index >= 15 is 0 Å². The molecule has 2 aliphatic rings. The summed E-state index contributed by atoms with van der Waals surface area (Å²) < 4.78 is 10.2. The van der Waals surface area contributed by atoms with E-state index in [9.17, 15) is 0 Å². The monoisotopic (exact) mass is 831 g/mol. The fourth-order valence-electron chi connectivity index (χ4n) is 9.01. The summed E-state index contributed by atoms with van der Waals surface area (Å²) in [6.45, 7) is 18.6. The number of aromatic nitrogens is 1. The predicted octanol–water partition coefficient (Wildman–Crippen LogP) is 17.0. The Labute approximate surface area is 363 Å². The highest BCUT2D eigenvalue weighted by molar-refractivity contribution is 7.96. The summed E-state index contributed by atoms with van der Waals surface area (Å²) in [5, 5.41) is 2.80. The molecule has 0 amide bonds. The number of fused-ring (bicyclic) bond motifs is 4. The normalized spacial score (nSPS) is 16.4. The third-order valence-corrected chi connectivity index (χ3v) is 16.0. The molecule has 1 aliphatic carbocycles. The number of benzene rings is 2. The minimum atomic E-state index is 0.0986. The van der Waals surface area contributed by atoms with Crippen LogP contribution in [0.4, 0.5) is 0 Å². The van der Waals surface area contributed by atoms with Crippen LogP contribution in [0.3, 0.4) is 0 Å². The molecule has 0 saturated heterocycles. The Bertz CT molecular complexity index is 2250. The molecule has 58 heavy (non-hydrogen) atoms. The molecule has 2 aromatic carbocycles. The molecule has 0 bridgehead atoms. The summed E-state index contributed by atoms with van der Waals surface area (Å²) in [5.41, 5.74) is 9.63. The summed E-state index contributed by atoms with van der Waals surface area (Å²) in [6.07, 6.45) is 23.4. The average Bonchev–Trinajstić information content (AvgIpc) is 4.01. The zero-order valence-electron chi connectivity index (χ0n) is 37.0. The average molecular weight is 832 g/mol. The van der Waals surface area contributed by atoms with Crippen LogP contribution in [-0.2, 0) is 10.8 Å². The highest BCUT2D eigenvalue weighted by atomic mass is 32.2. The van der Waals surface area contributed by atoms with E-state index in [4.69, 9.17) is 4.40 Å². The molecule has 0 radical (unpaired) electrons. The minimum absolute atomic E-state index is 0.0986. The number of hydrogen-bond acceptors (Lipinski definition) is 5. The van der Waals surface area contributed by atoms with Gasteiger partial charge < -0.3 is 4.57 Å². The van der Waals surface area contributed by atoms with Gasteiger partial charge in [-0.15, -0.1) is 22.7 Å². The molecule has 3 nitrogen and oxygen atoms in total. The number of unbranched alkanes of at least 4 members (excludes halogenated alkanes) is 10. The smallest absolute Gasteiger partial charge is 0.0915 e. The van der Waals surface area contributed by atoms with Crippen molar-refractivity contribution in [1.82, 2.24) is 8.87 Å². The van der Waals surface area contributed by atoms with Crippen LogP contribution in [0.1, 0.15) is 172 Å². The molecule has 1 unspecified atom stereocenters. The number of likely N-dealkylation sites (N-methyl/N-ethyl adjacent to an activating group) is 1. The zero-order chi connectivity index (χ0) is 41.0. The van der Waals surface area contributed by atoms with Crippen LogP contribution in [0.5, 0.6) is 0 Å². The third-order valence-electron chi connectivity index (χ3n) is 12.5. The van der Waals surface area contributed by atoms with Crippen molar-refractivity contribution >= 4 is 73.5 Å². The standard InChI is InChI=1S/C52H69N3S3/c1-10-12-14-16-18-20-22-38(23-21-19-17-15-13-11-2)55-43-34-36(24-26-39(43)40-27-25-37(35-44(40)55)51(3,4)5)45-30-31-47(56-45)42-29-28-41(49-50(42)54(9)58-53-49)46-32-33-48(57-46)52(6,7)8/h24-35,38,50H,10-23H2,1-9H3. The first-order valence-corrected chi connectivity index (χ1v) is 24.9. The van der Waals surface area contributed by atoms with Crippen molar-refractivity contribution in [3.63, 3.8) is 0 Å². The molecule has 310 valence electrons. The van der Waals surface area contributed by atoms with Crippen LogP contribution < -0.4 is 0 Å². The van der Waals surface area contributed by atoms with Crippen molar-refractivity contribution in [2.24, 2.45) is 4.40 Å². The van der Waals surface area contributed by atoms with Crippen LogP contribution in [-0.4, -0.2) is 27.7 Å². The summed E-state index contributed by atoms with van der Waals surface area (Å²) in [6, 6.07) is 24.7. The molecule has 4 heterocycles. The fourth-order valence-corrected chi connectivity index (χ4v) is 11.9. The first kappa shape index (κ1) is 43.2. The van der Waals surface area contributed by atoms with E-state index in [2.05, 4.69) is 144 Å². The maximum absolute atomic E-state index is 5.05. The van der Waals surface area contributed by atoms with Gasteiger partial charge in [0.25, 0.3) is 0 Å². The fraction of sp³-hybridized carbons (Fsp3) is 0.519. The van der Waals surface area contributed by atoms with Gasteiger partial charge in [0, 0.05) is 54.5 Å². The third kappa shape index (κ3) is 9.51. The molecule has 5 aromatic rings. The lowest BCUT2D eigenvalue weighted by Gasteiger charge is -2.26. The van der Waals surface area contributed by atoms with E-state index < -0.39 is 0 Å². The first-order valence-electron chi connectivity index (χ1n) is 22.6. The molecule has 3 aromatic heterocycles. The van der Waals surface area contributed by atoms with Gasteiger partial charge in [-0.2, -0.15) is 0 Å². The van der Waals surface area contributed by atoms with Crippen molar-refractivity contribution in [3.05, 3.63) is 93.0 Å². The van der Waals surface area contributed by atoms with Gasteiger partial charge in [-0.1, -0.05) is 169 Å². The summed E-state index contributed by atoms with van der Waals surface area (Å²) in [5.74, 6) is 0. The number of hydrogen-bond donors (Lipinski definition) is 0. The highest BCUT2D eigenvalue weighted by Gasteiger charge is 2.37. The van der Waals surface area contributed by atoms with E-state index in [0.717, 1.165) is 0 Å². The molecule has 0 fully saturated rings. The van der Waals surface area contributed by atoms with Gasteiger partial charge in [-0.25, -0.2) is 8.70 Å². The number of allylic oxidation sites excluding steroid dienone is 2. The Kier molecular flexibility index (Phi) is 14.0. The summed E-state index contributed by atoms with van der Waals surface area (Å²) in [4.78, 5) is 5.40. The predicted molar refractivity (Wildman–Crippen MR) is 262 cm³/mol. The molecule has 6 heteroatoms. The second-order valence-electron chi connectivity index (χ2n) is 19.1. The lowest BCUT2D eigenvalue weighted by Crippen LogP contribution is -2.32. The van der Waals surface area contributed by atoms with Crippen LogP contribution in [0.2, 0.25) is 0 Å². The van der Waals surface area contributed by atoms with Crippen LogP contribution in [0.25, 0.3) is 43.4 Å². The Morgan fingerprint density at radius 3 is 1.86 bits per heavy atom. The van der Waals surface area contributed by atoms with Gasteiger partial charge in [-0.3, -0.25) is 0 Å². The Balaban J connectivity index is 1.25. The van der Waals surface area contributed by atoms with Crippen molar-refractivity contribution in [2.75, 3.05) is 7.05 Å². The van der Waals surface area contributed by atoms with E-state index in [-0.39, 0.29) is 16.9 Å². The minimum Gasteiger partial charge on any atom is -0.337 e. The van der Waals surface area contributed by atoms with Crippen LogP contribution in [0.15, 0.2) is 77.2 Å². The number of thiophene rings is 2. The summed E-state index contributed by atoms with van der Waals surface area (Å²) in [7, 11) is 2.19. The second-order valence-corrected chi connectivity index (χ2v) is 22.2. The SMILES string of the molecule is CCCCCCCCC(CCCCCCCC)n1c2cc(-c3ccc(C4=CC=C(c5ccc(C(C)(C)C)s5)C5=NSN(C)C45)s3)ccc2c2ccc(C(C)(C)C)cc21. The maximum atomic E-state index is 5.05. The lowest BCUT2D eigenvalue weighted by molar-refractivity contribution is 0.410. The van der Waals surface area contributed by atoms with E-state index in [1.54, 1.807) is 12.1 Å². The van der Waals surface area contributed by atoms with Gasteiger partial charge in [0.15, 0.2) is 0 Å². The second kappa shape index (κ2) is 18.8. The van der Waals surface area contributed by atoms with Crippen LogP contribution >= 0.6 is 34.8 Å². The van der Waals surface area contributed by atoms with E-state index in [1.165, 1.54) is 159 Å². The summed E-state index contributed by atoms with van der Waals surface area (Å²) >= 11 is 5.44. The van der Waals surface area contributed by atoms with Gasteiger partial charge in [0.05, 0.1) is 29.4 Å². The highest BCUT2D eigenvalue weighted by Crippen LogP contribution is 2.46. The Morgan fingerprint density at radius 2 is 1.22 bits per heavy atom. The van der Waals surface area contributed by atoms with Crippen molar-refractivity contribution in [3.8, 4) is 10.4 Å². The van der Waals surface area contributed by atoms with E-state index in [1.807, 2.05) is 22.7 Å². The lowest BCUT2D eigenvalue weighted by atomic mass is 9.86. The molecule has 0 N–H and O–H groups in total. The molecule has 0 saturated carbocycles. The molecular formula is C52H69N3S3. The number of rotatable bonds is 18. The molecule has 0 spiro atoms. The van der Waals surface area contributed by atoms with Crippen molar-refractivity contribution < 1.29 is 0 Å².